The highest BCUT2D eigenvalue weighted by molar-refractivity contribution is 5.74. The van der Waals surface area contributed by atoms with Crippen molar-refractivity contribution in [3.8, 4) is 11.8 Å². The minimum absolute atomic E-state index is 0.184. The monoisotopic (exact) mass is 576 g/mol. The van der Waals surface area contributed by atoms with Crippen LogP contribution in [0.2, 0.25) is 0 Å². The van der Waals surface area contributed by atoms with Crippen LogP contribution < -0.4 is 0 Å². The van der Waals surface area contributed by atoms with Gasteiger partial charge < -0.3 is 20.1 Å². The van der Waals surface area contributed by atoms with Crippen molar-refractivity contribution >= 4 is 6.29 Å². The van der Waals surface area contributed by atoms with Crippen LogP contribution in [0.1, 0.15) is 104 Å². The number of aldehydes is 1. The van der Waals surface area contributed by atoms with E-state index >= 15 is 0 Å². The molecule has 3 aliphatic carbocycles. The highest BCUT2D eigenvalue weighted by atomic mass is 16.5. The molecule has 3 saturated carbocycles. The van der Waals surface area contributed by atoms with Crippen molar-refractivity contribution in [1.29, 1.82) is 0 Å². The number of hydrogen-bond donors (Lipinski definition) is 3. The number of carbonyl (C=O) groups excluding carboxylic acids is 1. The summed E-state index contributed by atoms with van der Waals surface area (Å²) in [6.07, 6.45) is 18.3. The molecule has 5 nitrogen and oxygen atoms in total. The molecule has 3 N–H and O–H groups in total. The van der Waals surface area contributed by atoms with E-state index in [1.54, 1.807) is 0 Å². The lowest BCUT2D eigenvalue weighted by atomic mass is 9.52. The second-order valence-electron chi connectivity index (χ2n) is 13.6. The zero-order valence-corrected chi connectivity index (χ0v) is 26.1. The molecule has 1 aliphatic heterocycles. The zero-order chi connectivity index (χ0) is 30.4. The third kappa shape index (κ3) is 7.11. The van der Waals surface area contributed by atoms with Gasteiger partial charge in [-0.05, 0) is 102 Å². The first kappa shape index (κ1) is 32.7. The van der Waals surface area contributed by atoms with Crippen molar-refractivity contribution in [1.82, 2.24) is 0 Å². The molecule has 230 valence electrons. The van der Waals surface area contributed by atoms with Crippen LogP contribution in [0.4, 0.5) is 0 Å². The van der Waals surface area contributed by atoms with Crippen molar-refractivity contribution in [2.75, 3.05) is 13.2 Å². The molecule has 1 heterocycles. The molecule has 0 aromatic carbocycles. The molecule has 5 heteroatoms. The van der Waals surface area contributed by atoms with E-state index in [0.717, 1.165) is 68.0 Å². The highest BCUT2D eigenvalue weighted by Gasteiger charge is 2.64. The maximum absolute atomic E-state index is 12.3. The fraction of sp³-hybridized carbons (Fsp3) is 0.649. The van der Waals surface area contributed by atoms with Crippen LogP contribution in [0, 0.1) is 29.1 Å². The first-order chi connectivity index (χ1) is 20.0. The third-order valence-corrected chi connectivity index (χ3v) is 10.8. The quantitative estimate of drug-likeness (QED) is 0.147. The fourth-order valence-electron chi connectivity index (χ4n) is 8.28. The summed E-state index contributed by atoms with van der Waals surface area (Å²) in [7, 11) is 0. The topological polar surface area (TPSA) is 87.0 Å². The van der Waals surface area contributed by atoms with Crippen molar-refractivity contribution in [2.45, 2.75) is 122 Å². The highest BCUT2D eigenvalue weighted by Crippen LogP contribution is 2.63. The van der Waals surface area contributed by atoms with E-state index in [1.807, 2.05) is 32.1 Å². The number of rotatable bonds is 5. The maximum atomic E-state index is 12.3. The van der Waals surface area contributed by atoms with Gasteiger partial charge in [0.25, 0.3) is 0 Å². The molecule has 0 aromatic heterocycles. The summed E-state index contributed by atoms with van der Waals surface area (Å²) >= 11 is 0. The van der Waals surface area contributed by atoms with E-state index in [4.69, 9.17) is 4.74 Å². The maximum Gasteiger partial charge on any atom is 0.145 e. The Labute approximate surface area is 253 Å². The Bertz CT molecular complexity index is 1180. The summed E-state index contributed by atoms with van der Waals surface area (Å²) in [4.78, 5) is 12.0. The predicted molar refractivity (Wildman–Crippen MR) is 168 cm³/mol. The lowest BCUT2D eigenvalue weighted by molar-refractivity contribution is -0.169. The minimum atomic E-state index is -1.11. The van der Waals surface area contributed by atoms with Gasteiger partial charge in [0.2, 0.25) is 0 Å². The molecule has 5 atom stereocenters. The van der Waals surface area contributed by atoms with Crippen molar-refractivity contribution in [3.05, 3.63) is 58.7 Å². The van der Waals surface area contributed by atoms with Gasteiger partial charge in [-0.25, -0.2) is 0 Å². The van der Waals surface area contributed by atoms with Crippen LogP contribution in [0.3, 0.4) is 0 Å². The van der Waals surface area contributed by atoms with Gasteiger partial charge in [0.15, 0.2) is 0 Å². The average molecular weight is 577 g/mol. The molecule has 3 fully saturated rings. The van der Waals surface area contributed by atoms with Crippen molar-refractivity contribution in [2.24, 2.45) is 17.3 Å². The van der Waals surface area contributed by atoms with E-state index in [-0.39, 0.29) is 11.8 Å². The van der Waals surface area contributed by atoms with Crippen LogP contribution in [0.15, 0.2) is 58.7 Å². The Morgan fingerprint density at radius 3 is 2.67 bits per heavy atom. The van der Waals surface area contributed by atoms with E-state index in [0.29, 0.717) is 57.3 Å². The Kier molecular flexibility index (Phi) is 10.9. The first-order valence-corrected chi connectivity index (χ1v) is 16.0. The number of aliphatic hydroxyl groups is 3. The Balaban J connectivity index is 1.67. The second kappa shape index (κ2) is 14.0. The Morgan fingerprint density at radius 1 is 1.17 bits per heavy atom. The molecule has 4 aliphatic rings. The standard InChI is InChI=1S/C37H52O5/c1-27-11-5-8-24-42-26-30(15-10-14-28(2)13-9-12-27)32-17-23-37(34(32)39)33(18-22-36(41)19-6-7-20-36)31(29(3)25-38)16-21-35(37,4)40/h10,12,14-15,25,32-34,39-41H,2,6-7,9,11,13,16-24,26H2,1,3-4H3/b14-10+,27-12+,30-15-,31-29+/t32-,33-,34-,35-,37-/m1/s1. The fourth-order valence-corrected chi connectivity index (χ4v) is 8.28. The molecule has 42 heavy (non-hydrogen) atoms. The largest absolute Gasteiger partial charge is 0.392 e. The van der Waals surface area contributed by atoms with E-state index < -0.39 is 22.7 Å². The minimum Gasteiger partial charge on any atom is -0.392 e. The summed E-state index contributed by atoms with van der Waals surface area (Å²) in [6, 6.07) is 0. The number of ether oxygens (including phenoxy) is 1. The summed E-state index contributed by atoms with van der Waals surface area (Å²) in [6.45, 7) is 10.7. The van der Waals surface area contributed by atoms with Crippen molar-refractivity contribution < 1.29 is 24.9 Å². The predicted octanol–water partition coefficient (Wildman–Crippen LogP) is 6.69. The van der Waals surface area contributed by atoms with Crippen LogP contribution in [-0.2, 0) is 9.53 Å². The van der Waals surface area contributed by atoms with Crippen LogP contribution in [0.25, 0.3) is 0 Å². The second-order valence-corrected chi connectivity index (χ2v) is 13.6. The zero-order valence-electron chi connectivity index (χ0n) is 26.1. The molecule has 0 radical (unpaired) electrons. The summed E-state index contributed by atoms with van der Waals surface area (Å²) < 4.78 is 6.02. The lowest BCUT2D eigenvalue weighted by Gasteiger charge is -2.56. The smallest absolute Gasteiger partial charge is 0.145 e. The van der Waals surface area contributed by atoms with Gasteiger partial charge in [-0.15, -0.1) is 0 Å². The SMILES string of the molecule is C=C1/C=C/C=C(\[C@H]2CC[C@@]3([C@H](CCC4(O)CCCC4)/C(=C(\C)C=O)CC[C@@]3(C)O)[C@@H]2O)COCC#CC/C(C)=C/CC1. The van der Waals surface area contributed by atoms with Crippen molar-refractivity contribution in [3.63, 3.8) is 0 Å². The first-order valence-electron chi connectivity index (χ1n) is 16.0. The molecule has 0 aromatic rings. The summed E-state index contributed by atoms with van der Waals surface area (Å²) in [5, 5.41) is 35.7. The molecular weight excluding hydrogens is 524 g/mol. The van der Waals surface area contributed by atoms with Gasteiger partial charge in [0, 0.05) is 17.8 Å². The molecule has 0 saturated heterocycles. The van der Waals surface area contributed by atoms with Gasteiger partial charge in [-0.3, -0.25) is 4.79 Å². The molecule has 0 amide bonds. The molecular formula is C37H52O5. The number of aliphatic hydroxyl groups excluding tert-OH is 1. The number of allylic oxidation sites excluding steroid dienone is 8. The number of carbonyl (C=O) groups is 1. The molecule has 1 spiro atoms. The number of hydrogen-bond acceptors (Lipinski definition) is 5. The van der Waals surface area contributed by atoms with Crippen LogP contribution in [-0.4, -0.2) is 52.1 Å². The summed E-state index contributed by atoms with van der Waals surface area (Å²) in [5.41, 5.74) is 2.39. The van der Waals surface area contributed by atoms with E-state index in [9.17, 15) is 20.1 Å². The van der Waals surface area contributed by atoms with Gasteiger partial charge >= 0.3 is 0 Å². The van der Waals surface area contributed by atoms with E-state index in [1.165, 1.54) is 5.57 Å². The Hall–Kier alpha value is -2.23. The van der Waals surface area contributed by atoms with Gasteiger partial charge in [-0.1, -0.05) is 72.3 Å². The molecule has 4 rings (SSSR count). The Morgan fingerprint density at radius 2 is 1.93 bits per heavy atom. The van der Waals surface area contributed by atoms with Gasteiger partial charge in [0.05, 0.1) is 23.9 Å². The summed E-state index contributed by atoms with van der Waals surface area (Å²) in [5.74, 6) is 5.94. The molecule has 0 bridgehead atoms. The molecule has 0 unspecified atom stereocenters. The van der Waals surface area contributed by atoms with Gasteiger partial charge in [0.1, 0.15) is 12.9 Å². The lowest BCUT2D eigenvalue weighted by Crippen LogP contribution is -2.59. The normalized spacial score (nSPS) is 38.7. The van der Waals surface area contributed by atoms with E-state index in [2.05, 4.69) is 31.4 Å². The average Bonchev–Trinajstić information content (AvgIpc) is 3.54. The van der Waals surface area contributed by atoms with Crippen LogP contribution in [0.5, 0.6) is 0 Å². The third-order valence-electron chi connectivity index (χ3n) is 10.8. The van der Waals surface area contributed by atoms with Crippen LogP contribution >= 0.6 is 0 Å². The van der Waals surface area contributed by atoms with Gasteiger partial charge in [-0.2, -0.15) is 0 Å².